The number of morpholine rings is 1. The third kappa shape index (κ3) is 3.99. The number of pyridine rings is 1. The van der Waals surface area contributed by atoms with E-state index < -0.39 is 0 Å². The first-order valence-electron chi connectivity index (χ1n) is 9.65. The molecule has 4 rings (SSSR count). The van der Waals surface area contributed by atoms with Gasteiger partial charge in [-0.05, 0) is 18.2 Å². The lowest BCUT2D eigenvalue weighted by Gasteiger charge is -2.26. The second kappa shape index (κ2) is 8.67. The van der Waals surface area contributed by atoms with Crippen molar-refractivity contribution in [2.45, 2.75) is 6.54 Å². The Morgan fingerprint density at radius 2 is 1.66 bits per heavy atom. The molecule has 0 atom stereocenters. The molecule has 2 aromatic heterocycles. The molecule has 0 spiro atoms. The monoisotopic (exact) mass is 398 g/mol. The van der Waals surface area contributed by atoms with E-state index in [4.69, 9.17) is 18.9 Å². The Labute approximate surface area is 170 Å². The summed E-state index contributed by atoms with van der Waals surface area (Å²) in [6.45, 7) is 5.40. The molecule has 154 valence electrons. The zero-order valence-electron chi connectivity index (χ0n) is 17.1. The first-order chi connectivity index (χ1) is 14.2. The molecular formula is C21H26N4O4. The van der Waals surface area contributed by atoms with Gasteiger partial charge in [-0.1, -0.05) is 0 Å². The molecule has 0 N–H and O–H groups in total. The lowest BCUT2D eigenvalue weighted by atomic mass is 10.1. The highest BCUT2D eigenvalue weighted by Gasteiger charge is 2.16. The van der Waals surface area contributed by atoms with Gasteiger partial charge in [-0.15, -0.1) is 0 Å². The van der Waals surface area contributed by atoms with Crippen LogP contribution < -0.4 is 14.2 Å². The number of imidazole rings is 1. The van der Waals surface area contributed by atoms with Crippen molar-refractivity contribution in [2.75, 3.05) is 54.2 Å². The van der Waals surface area contributed by atoms with Crippen LogP contribution in [0.25, 0.3) is 22.3 Å². The van der Waals surface area contributed by atoms with Gasteiger partial charge in [0.05, 0.1) is 58.3 Å². The fourth-order valence-corrected chi connectivity index (χ4v) is 3.60. The highest BCUT2D eigenvalue weighted by Crippen LogP contribution is 2.41. The molecular weight excluding hydrogens is 372 g/mol. The Morgan fingerprint density at radius 3 is 2.31 bits per heavy atom. The summed E-state index contributed by atoms with van der Waals surface area (Å²) >= 11 is 0. The molecule has 3 heterocycles. The number of ether oxygens (including phenoxy) is 4. The van der Waals surface area contributed by atoms with Gasteiger partial charge in [0.25, 0.3) is 0 Å². The van der Waals surface area contributed by atoms with Crippen LogP contribution in [0.2, 0.25) is 0 Å². The summed E-state index contributed by atoms with van der Waals surface area (Å²) in [7, 11) is 4.81. The predicted molar refractivity (Wildman–Crippen MR) is 110 cm³/mol. The third-order valence-corrected chi connectivity index (χ3v) is 5.23. The predicted octanol–water partition coefficient (Wildman–Crippen LogP) is 2.46. The van der Waals surface area contributed by atoms with Crippen LogP contribution in [0.5, 0.6) is 17.2 Å². The Hall–Kier alpha value is -2.84. The van der Waals surface area contributed by atoms with Crippen molar-refractivity contribution < 1.29 is 18.9 Å². The van der Waals surface area contributed by atoms with E-state index in [1.807, 2.05) is 18.5 Å². The molecule has 0 unspecified atom stereocenters. The second-order valence-corrected chi connectivity index (χ2v) is 6.86. The third-order valence-electron chi connectivity index (χ3n) is 5.23. The fourth-order valence-electron chi connectivity index (χ4n) is 3.60. The normalized spacial score (nSPS) is 14.9. The van der Waals surface area contributed by atoms with Gasteiger partial charge in [0.15, 0.2) is 11.5 Å². The van der Waals surface area contributed by atoms with Crippen molar-refractivity contribution >= 4 is 11.0 Å². The number of methoxy groups -OCH3 is 3. The Morgan fingerprint density at radius 1 is 0.931 bits per heavy atom. The van der Waals surface area contributed by atoms with E-state index in [9.17, 15) is 0 Å². The first-order valence-corrected chi connectivity index (χ1v) is 9.65. The quantitative estimate of drug-likeness (QED) is 0.605. The number of benzene rings is 1. The van der Waals surface area contributed by atoms with Crippen LogP contribution in [0.1, 0.15) is 0 Å². The SMILES string of the molecule is COc1cc(-c2cc3c(cn2)ncn3CCN2CCOCC2)cc(OC)c1OC. The van der Waals surface area contributed by atoms with E-state index in [1.165, 1.54) is 0 Å². The second-order valence-electron chi connectivity index (χ2n) is 6.86. The van der Waals surface area contributed by atoms with Gasteiger partial charge in [0.2, 0.25) is 5.75 Å². The molecule has 0 amide bonds. The largest absolute Gasteiger partial charge is 0.493 e. The highest BCUT2D eigenvalue weighted by atomic mass is 16.5. The molecule has 1 saturated heterocycles. The van der Waals surface area contributed by atoms with Gasteiger partial charge in [-0.3, -0.25) is 9.88 Å². The fraction of sp³-hybridized carbons (Fsp3) is 0.429. The lowest BCUT2D eigenvalue weighted by Crippen LogP contribution is -2.38. The van der Waals surface area contributed by atoms with Gasteiger partial charge in [-0.2, -0.15) is 0 Å². The standard InChI is InChI=1S/C21H26N4O4/c1-26-19-10-15(11-20(27-2)21(19)28-3)16-12-18-17(13-22-16)23-14-25(18)5-4-24-6-8-29-9-7-24/h10-14H,4-9H2,1-3H3. The summed E-state index contributed by atoms with van der Waals surface area (Å²) < 4.78 is 24.0. The Kier molecular flexibility index (Phi) is 5.82. The first kappa shape index (κ1) is 19.5. The van der Waals surface area contributed by atoms with Crippen LogP contribution in [0.4, 0.5) is 0 Å². The van der Waals surface area contributed by atoms with E-state index >= 15 is 0 Å². The highest BCUT2D eigenvalue weighted by molar-refractivity contribution is 5.80. The summed E-state index contributed by atoms with van der Waals surface area (Å²) in [6, 6.07) is 5.87. The number of hydrogen-bond acceptors (Lipinski definition) is 7. The molecule has 29 heavy (non-hydrogen) atoms. The van der Waals surface area contributed by atoms with E-state index in [2.05, 4.69) is 25.5 Å². The zero-order chi connectivity index (χ0) is 20.2. The number of rotatable bonds is 7. The van der Waals surface area contributed by atoms with Gasteiger partial charge >= 0.3 is 0 Å². The summed E-state index contributed by atoms with van der Waals surface area (Å²) in [6.07, 6.45) is 3.69. The smallest absolute Gasteiger partial charge is 0.203 e. The number of aromatic nitrogens is 3. The summed E-state index contributed by atoms with van der Waals surface area (Å²) in [4.78, 5) is 11.5. The van der Waals surface area contributed by atoms with E-state index in [1.54, 1.807) is 27.5 Å². The molecule has 1 aliphatic rings. The molecule has 3 aromatic rings. The number of nitrogens with zero attached hydrogens (tertiary/aromatic N) is 4. The molecule has 0 radical (unpaired) electrons. The van der Waals surface area contributed by atoms with Gasteiger partial charge in [0.1, 0.15) is 5.52 Å². The molecule has 8 nitrogen and oxygen atoms in total. The number of fused-ring (bicyclic) bond motifs is 1. The van der Waals surface area contributed by atoms with Crippen LogP contribution in [0.3, 0.4) is 0 Å². The molecule has 1 aliphatic heterocycles. The Bertz CT molecular complexity index is 957. The molecule has 8 heteroatoms. The summed E-state index contributed by atoms with van der Waals surface area (Å²) in [5, 5.41) is 0. The topological polar surface area (TPSA) is 70.9 Å². The maximum absolute atomic E-state index is 5.48. The maximum Gasteiger partial charge on any atom is 0.203 e. The Balaban J connectivity index is 1.64. The summed E-state index contributed by atoms with van der Waals surface area (Å²) in [5.41, 5.74) is 3.65. The zero-order valence-corrected chi connectivity index (χ0v) is 17.1. The van der Waals surface area contributed by atoms with E-state index in [0.29, 0.717) is 17.2 Å². The van der Waals surface area contributed by atoms with Gasteiger partial charge < -0.3 is 23.5 Å². The van der Waals surface area contributed by atoms with Crippen molar-refractivity contribution in [3.63, 3.8) is 0 Å². The van der Waals surface area contributed by atoms with Crippen LogP contribution in [0, 0.1) is 0 Å². The van der Waals surface area contributed by atoms with Crippen LogP contribution in [-0.2, 0) is 11.3 Å². The molecule has 1 fully saturated rings. The van der Waals surface area contributed by atoms with E-state index in [-0.39, 0.29) is 0 Å². The van der Waals surface area contributed by atoms with Crippen molar-refractivity contribution in [1.82, 2.24) is 19.4 Å². The minimum atomic E-state index is 0.565. The van der Waals surface area contributed by atoms with Crippen LogP contribution >= 0.6 is 0 Å². The molecule has 0 saturated carbocycles. The molecule has 0 bridgehead atoms. The average molecular weight is 398 g/mol. The maximum atomic E-state index is 5.48. The van der Waals surface area contributed by atoms with Crippen molar-refractivity contribution in [2.24, 2.45) is 0 Å². The lowest BCUT2D eigenvalue weighted by molar-refractivity contribution is 0.0365. The van der Waals surface area contributed by atoms with Crippen LogP contribution in [0.15, 0.2) is 30.7 Å². The number of hydrogen-bond donors (Lipinski definition) is 0. The molecule has 0 aliphatic carbocycles. The van der Waals surface area contributed by atoms with E-state index in [0.717, 1.165) is 61.7 Å². The average Bonchev–Trinajstić information content (AvgIpc) is 3.19. The van der Waals surface area contributed by atoms with Crippen molar-refractivity contribution in [1.29, 1.82) is 0 Å². The minimum absolute atomic E-state index is 0.565. The van der Waals surface area contributed by atoms with Crippen molar-refractivity contribution in [3.8, 4) is 28.5 Å². The summed E-state index contributed by atoms with van der Waals surface area (Å²) in [5.74, 6) is 1.77. The van der Waals surface area contributed by atoms with Gasteiger partial charge in [-0.25, -0.2) is 4.98 Å². The minimum Gasteiger partial charge on any atom is -0.493 e. The van der Waals surface area contributed by atoms with Crippen molar-refractivity contribution in [3.05, 3.63) is 30.7 Å². The molecule has 1 aromatic carbocycles. The van der Waals surface area contributed by atoms with Crippen LogP contribution in [-0.4, -0.2) is 73.6 Å². The van der Waals surface area contributed by atoms with Gasteiger partial charge in [0, 0.05) is 31.7 Å².